The second-order valence-electron chi connectivity index (χ2n) is 6.19. The number of nitrogens with one attached hydrogen (secondary N) is 1. The number of guanidine groups is 1. The summed E-state index contributed by atoms with van der Waals surface area (Å²) in [6.07, 6.45) is 1.15. The van der Waals surface area contributed by atoms with E-state index in [2.05, 4.69) is 71.3 Å². The fourth-order valence-electron chi connectivity index (χ4n) is 2.67. The minimum atomic E-state index is 0.433. The summed E-state index contributed by atoms with van der Waals surface area (Å²) in [5.74, 6) is 1.61. The number of nitrogens with zero attached hydrogens (tertiary/aromatic N) is 2. The molecule has 1 fully saturated rings. The van der Waals surface area contributed by atoms with Crippen molar-refractivity contribution in [1.82, 2.24) is 10.2 Å². The molecule has 0 aromatic heterocycles. The molecule has 1 heterocycles. The van der Waals surface area contributed by atoms with E-state index in [9.17, 15) is 0 Å². The lowest BCUT2D eigenvalue weighted by molar-refractivity contribution is 0.181. The van der Waals surface area contributed by atoms with Gasteiger partial charge in [-0.15, -0.1) is 11.8 Å². The van der Waals surface area contributed by atoms with Crippen molar-refractivity contribution >= 4 is 33.7 Å². The molecule has 24 heavy (non-hydrogen) atoms. The standard InChI is InChI=1S/C18H28BrN3OS/c1-4-20-18(22(3)12-15-9-10-23-13-15)21-11-14(2)24-17-7-5-16(19)6-8-17/h5-8,14-15H,4,9-13H2,1-3H3,(H,20,21). The maximum absolute atomic E-state index is 5.48. The molecule has 1 aliphatic heterocycles. The van der Waals surface area contributed by atoms with Crippen LogP contribution in [0, 0.1) is 5.92 Å². The quantitative estimate of drug-likeness (QED) is 0.418. The van der Waals surface area contributed by atoms with E-state index in [1.165, 1.54) is 4.90 Å². The minimum Gasteiger partial charge on any atom is -0.381 e. The van der Waals surface area contributed by atoms with E-state index >= 15 is 0 Å². The molecular weight excluding hydrogens is 386 g/mol. The van der Waals surface area contributed by atoms with Gasteiger partial charge in [0, 0.05) is 47.3 Å². The Morgan fingerprint density at radius 2 is 2.21 bits per heavy atom. The smallest absolute Gasteiger partial charge is 0.193 e. The zero-order valence-electron chi connectivity index (χ0n) is 14.8. The number of benzene rings is 1. The van der Waals surface area contributed by atoms with E-state index in [0.29, 0.717) is 11.2 Å². The van der Waals surface area contributed by atoms with E-state index in [-0.39, 0.29) is 0 Å². The Morgan fingerprint density at radius 3 is 2.83 bits per heavy atom. The Labute approximate surface area is 158 Å². The molecule has 2 rings (SSSR count). The van der Waals surface area contributed by atoms with Crippen molar-refractivity contribution in [2.75, 3.05) is 39.9 Å². The second-order valence-corrected chi connectivity index (χ2v) is 8.61. The van der Waals surface area contributed by atoms with Crippen LogP contribution < -0.4 is 5.32 Å². The molecule has 0 saturated carbocycles. The van der Waals surface area contributed by atoms with Crippen molar-refractivity contribution in [2.24, 2.45) is 10.9 Å². The van der Waals surface area contributed by atoms with E-state index in [1.807, 2.05) is 11.8 Å². The summed E-state index contributed by atoms with van der Waals surface area (Å²) in [5.41, 5.74) is 0. The highest BCUT2D eigenvalue weighted by molar-refractivity contribution is 9.10. The van der Waals surface area contributed by atoms with Crippen molar-refractivity contribution in [3.63, 3.8) is 0 Å². The van der Waals surface area contributed by atoms with Gasteiger partial charge in [0.25, 0.3) is 0 Å². The third kappa shape index (κ3) is 6.65. The highest BCUT2D eigenvalue weighted by atomic mass is 79.9. The van der Waals surface area contributed by atoms with Gasteiger partial charge < -0.3 is 15.0 Å². The zero-order valence-corrected chi connectivity index (χ0v) is 17.2. The average Bonchev–Trinajstić information content (AvgIpc) is 3.06. The number of ether oxygens (including phenoxy) is 1. The molecule has 6 heteroatoms. The predicted octanol–water partition coefficient (Wildman–Crippen LogP) is 3.86. The van der Waals surface area contributed by atoms with Gasteiger partial charge in [0.1, 0.15) is 0 Å². The Balaban J connectivity index is 1.87. The SMILES string of the molecule is CCNC(=NCC(C)Sc1ccc(Br)cc1)N(C)CC1CCOC1. The monoisotopic (exact) mass is 413 g/mol. The van der Waals surface area contributed by atoms with Crippen molar-refractivity contribution in [3.8, 4) is 0 Å². The number of hydrogen-bond acceptors (Lipinski definition) is 3. The largest absolute Gasteiger partial charge is 0.381 e. The summed E-state index contributed by atoms with van der Waals surface area (Å²) < 4.78 is 6.59. The maximum atomic E-state index is 5.48. The molecule has 1 aliphatic rings. The Morgan fingerprint density at radius 1 is 1.46 bits per heavy atom. The number of halogens is 1. The maximum Gasteiger partial charge on any atom is 0.193 e. The molecule has 2 atom stereocenters. The van der Waals surface area contributed by atoms with Crippen LogP contribution >= 0.6 is 27.7 Å². The van der Waals surface area contributed by atoms with Crippen LogP contribution in [0.4, 0.5) is 0 Å². The van der Waals surface area contributed by atoms with Crippen molar-refractivity contribution in [1.29, 1.82) is 0 Å². The van der Waals surface area contributed by atoms with Gasteiger partial charge in [-0.05, 0) is 37.6 Å². The highest BCUT2D eigenvalue weighted by Crippen LogP contribution is 2.25. The molecule has 1 aromatic carbocycles. The Kier molecular flexibility index (Phi) is 8.42. The lowest BCUT2D eigenvalue weighted by Gasteiger charge is -2.25. The fourth-order valence-corrected chi connectivity index (χ4v) is 3.84. The van der Waals surface area contributed by atoms with E-state index in [1.54, 1.807) is 0 Å². The summed E-state index contributed by atoms with van der Waals surface area (Å²) >= 11 is 5.34. The van der Waals surface area contributed by atoms with Crippen LogP contribution in [0.5, 0.6) is 0 Å². The number of rotatable bonds is 7. The van der Waals surface area contributed by atoms with Crippen LogP contribution in [0.1, 0.15) is 20.3 Å². The van der Waals surface area contributed by atoms with E-state index in [4.69, 9.17) is 9.73 Å². The van der Waals surface area contributed by atoms with Crippen LogP contribution in [-0.2, 0) is 4.74 Å². The van der Waals surface area contributed by atoms with Gasteiger partial charge in [-0.1, -0.05) is 22.9 Å². The fraction of sp³-hybridized carbons (Fsp3) is 0.611. The zero-order chi connectivity index (χ0) is 17.4. The van der Waals surface area contributed by atoms with E-state index < -0.39 is 0 Å². The number of aliphatic imine (C=N–C) groups is 1. The van der Waals surface area contributed by atoms with Gasteiger partial charge >= 0.3 is 0 Å². The molecule has 0 amide bonds. The van der Waals surface area contributed by atoms with Crippen molar-refractivity contribution in [2.45, 2.75) is 30.4 Å². The first-order chi connectivity index (χ1) is 11.6. The second kappa shape index (κ2) is 10.3. The molecule has 0 radical (unpaired) electrons. The first-order valence-corrected chi connectivity index (χ1v) is 10.2. The number of hydrogen-bond donors (Lipinski definition) is 1. The van der Waals surface area contributed by atoms with Gasteiger partial charge in [0.15, 0.2) is 5.96 Å². The molecule has 1 aromatic rings. The first kappa shape index (κ1) is 19.6. The lowest BCUT2D eigenvalue weighted by atomic mass is 10.1. The molecule has 134 valence electrons. The number of thioether (sulfide) groups is 1. The lowest BCUT2D eigenvalue weighted by Crippen LogP contribution is -2.41. The van der Waals surface area contributed by atoms with Crippen LogP contribution in [0.2, 0.25) is 0 Å². The Bertz CT molecular complexity index is 518. The van der Waals surface area contributed by atoms with Gasteiger partial charge in [-0.2, -0.15) is 0 Å². The summed E-state index contributed by atoms with van der Waals surface area (Å²) in [6.45, 7) is 8.80. The molecule has 4 nitrogen and oxygen atoms in total. The van der Waals surface area contributed by atoms with Crippen molar-refractivity contribution in [3.05, 3.63) is 28.7 Å². The van der Waals surface area contributed by atoms with Gasteiger partial charge in [0.2, 0.25) is 0 Å². The normalized spacial score (nSPS) is 19.3. The van der Waals surface area contributed by atoms with Gasteiger partial charge in [0.05, 0.1) is 13.2 Å². The molecule has 1 N–H and O–H groups in total. The minimum absolute atomic E-state index is 0.433. The summed E-state index contributed by atoms with van der Waals surface area (Å²) in [4.78, 5) is 8.35. The molecule has 0 bridgehead atoms. The Hall–Kier alpha value is -0.720. The van der Waals surface area contributed by atoms with Crippen LogP contribution in [0.3, 0.4) is 0 Å². The molecule has 2 unspecified atom stereocenters. The van der Waals surface area contributed by atoms with Gasteiger partial charge in [-0.25, -0.2) is 0 Å². The van der Waals surface area contributed by atoms with Crippen LogP contribution in [0.25, 0.3) is 0 Å². The molecule has 1 saturated heterocycles. The van der Waals surface area contributed by atoms with Crippen LogP contribution in [0.15, 0.2) is 38.6 Å². The third-order valence-electron chi connectivity index (χ3n) is 3.90. The average molecular weight is 414 g/mol. The molecular formula is C18H28BrN3OS. The molecule has 0 aliphatic carbocycles. The molecule has 0 spiro atoms. The topological polar surface area (TPSA) is 36.9 Å². The van der Waals surface area contributed by atoms with Gasteiger partial charge in [-0.3, -0.25) is 4.99 Å². The first-order valence-electron chi connectivity index (χ1n) is 8.58. The predicted molar refractivity (Wildman–Crippen MR) is 107 cm³/mol. The van der Waals surface area contributed by atoms with E-state index in [0.717, 1.165) is 49.7 Å². The van der Waals surface area contributed by atoms with Crippen LogP contribution in [-0.4, -0.2) is 56.0 Å². The highest BCUT2D eigenvalue weighted by Gasteiger charge is 2.19. The van der Waals surface area contributed by atoms with Crippen molar-refractivity contribution < 1.29 is 4.74 Å². The summed E-state index contributed by atoms with van der Waals surface area (Å²) in [5, 5.41) is 3.84. The summed E-state index contributed by atoms with van der Waals surface area (Å²) in [6, 6.07) is 8.46. The third-order valence-corrected chi connectivity index (χ3v) is 5.53. The summed E-state index contributed by atoms with van der Waals surface area (Å²) in [7, 11) is 2.12.